The van der Waals surface area contributed by atoms with E-state index in [1.807, 2.05) is 58.0 Å². The number of nitrogens with zero attached hydrogens (tertiary/aromatic N) is 4. The number of ether oxygens (including phenoxy) is 1. The van der Waals surface area contributed by atoms with Crippen molar-refractivity contribution in [3.8, 4) is 22.8 Å². The van der Waals surface area contributed by atoms with Gasteiger partial charge in [0.2, 0.25) is 5.91 Å². The number of likely N-dealkylation sites (tertiary alicyclic amines) is 1. The highest BCUT2D eigenvalue weighted by molar-refractivity contribution is 7.99. The Labute approximate surface area is 191 Å². The zero-order valence-electron chi connectivity index (χ0n) is 17.6. The second-order valence-corrected chi connectivity index (χ2v) is 9.08. The quantitative estimate of drug-likeness (QED) is 0.491. The van der Waals surface area contributed by atoms with E-state index in [1.54, 1.807) is 7.11 Å². The van der Waals surface area contributed by atoms with Crippen LogP contribution in [0.2, 0.25) is 5.02 Å². The lowest BCUT2D eigenvalue weighted by molar-refractivity contribution is -0.129. The summed E-state index contributed by atoms with van der Waals surface area (Å²) in [5, 5.41) is 10.2. The summed E-state index contributed by atoms with van der Waals surface area (Å²) < 4.78 is 7.26. The summed E-state index contributed by atoms with van der Waals surface area (Å²) in [6.45, 7) is 3.91. The van der Waals surface area contributed by atoms with Crippen molar-refractivity contribution >= 4 is 29.3 Å². The lowest BCUT2D eigenvalue weighted by atomic mass is 9.99. The van der Waals surface area contributed by atoms with Gasteiger partial charge < -0.3 is 9.64 Å². The lowest BCUT2D eigenvalue weighted by Crippen LogP contribution is -2.38. The van der Waals surface area contributed by atoms with Crippen LogP contribution >= 0.6 is 23.4 Å². The van der Waals surface area contributed by atoms with Crippen LogP contribution in [0.3, 0.4) is 0 Å². The third kappa shape index (κ3) is 5.05. The molecule has 31 heavy (non-hydrogen) atoms. The average molecular weight is 457 g/mol. The molecule has 3 aromatic rings. The van der Waals surface area contributed by atoms with Crippen LogP contribution in [0.4, 0.5) is 0 Å². The molecule has 1 amide bonds. The predicted molar refractivity (Wildman–Crippen MR) is 124 cm³/mol. The number of carbonyl (C=O) groups excluding carboxylic acids is 1. The van der Waals surface area contributed by atoms with Gasteiger partial charge in [0.1, 0.15) is 5.75 Å². The highest BCUT2D eigenvalue weighted by Gasteiger charge is 2.22. The van der Waals surface area contributed by atoms with Crippen LogP contribution in [-0.2, 0) is 4.79 Å². The van der Waals surface area contributed by atoms with Crippen molar-refractivity contribution in [1.29, 1.82) is 0 Å². The molecule has 8 heteroatoms. The molecular formula is C23H25ClN4O2S. The fourth-order valence-corrected chi connectivity index (χ4v) is 4.57. The van der Waals surface area contributed by atoms with Crippen molar-refractivity contribution in [3.63, 3.8) is 0 Å². The van der Waals surface area contributed by atoms with E-state index in [9.17, 15) is 4.79 Å². The molecule has 1 aliphatic rings. The second-order valence-electron chi connectivity index (χ2n) is 7.70. The molecule has 4 rings (SSSR count). The largest absolute Gasteiger partial charge is 0.497 e. The molecule has 0 radical (unpaired) electrons. The Balaban J connectivity index is 1.60. The maximum absolute atomic E-state index is 12.7. The van der Waals surface area contributed by atoms with Gasteiger partial charge in [0.05, 0.1) is 12.9 Å². The van der Waals surface area contributed by atoms with Gasteiger partial charge in [-0.15, -0.1) is 10.2 Å². The van der Waals surface area contributed by atoms with E-state index in [4.69, 9.17) is 16.3 Å². The molecule has 1 aromatic heterocycles. The van der Waals surface area contributed by atoms with Gasteiger partial charge in [-0.3, -0.25) is 9.36 Å². The molecule has 0 unspecified atom stereocenters. The van der Waals surface area contributed by atoms with Crippen molar-refractivity contribution in [2.24, 2.45) is 5.92 Å². The van der Waals surface area contributed by atoms with Crippen LogP contribution in [0, 0.1) is 5.92 Å². The first-order chi connectivity index (χ1) is 15.0. The number of hydrogen-bond donors (Lipinski definition) is 0. The number of piperidine rings is 1. The number of rotatable bonds is 6. The van der Waals surface area contributed by atoms with Gasteiger partial charge in [-0.05, 0) is 67.3 Å². The van der Waals surface area contributed by atoms with E-state index in [0.29, 0.717) is 27.7 Å². The van der Waals surface area contributed by atoms with Crippen molar-refractivity contribution in [2.75, 3.05) is 26.0 Å². The fourth-order valence-electron chi connectivity index (χ4n) is 3.59. The first-order valence-electron chi connectivity index (χ1n) is 10.3. The molecule has 2 heterocycles. The Kier molecular flexibility index (Phi) is 6.83. The van der Waals surface area contributed by atoms with Crippen molar-refractivity contribution in [1.82, 2.24) is 19.7 Å². The topological polar surface area (TPSA) is 60.2 Å². The SMILES string of the molecule is COc1ccc(-n2c(SCC(=O)N3CCC(C)CC3)nnc2-c2ccc(Cl)cc2)cc1. The van der Waals surface area contributed by atoms with Gasteiger partial charge in [-0.1, -0.05) is 30.3 Å². The Morgan fingerprint density at radius 1 is 1.10 bits per heavy atom. The normalized spacial score (nSPS) is 14.6. The molecule has 6 nitrogen and oxygen atoms in total. The van der Waals surface area contributed by atoms with Gasteiger partial charge in [-0.2, -0.15) is 0 Å². The van der Waals surface area contributed by atoms with Crippen LogP contribution in [0.15, 0.2) is 53.7 Å². The number of aromatic nitrogens is 3. The fraction of sp³-hybridized carbons (Fsp3) is 0.348. The highest BCUT2D eigenvalue weighted by atomic mass is 35.5. The number of thioether (sulfide) groups is 1. The predicted octanol–water partition coefficient (Wildman–Crippen LogP) is 4.95. The van der Waals surface area contributed by atoms with E-state index in [0.717, 1.165) is 42.9 Å². The summed E-state index contributed by atoms with van der Waals surface area (Å²) in [4.78, 5) is 14.7. The number of methoxy groups -OCH3 is 1. The van der Waals surface area contributed by atoms with Crippen LogP contribution < -0.4 is 4.74 Å². The van der Waals surface area contributed by atoms with Gasteiger partial charge in [0, 0.05) is 29.4 Å². The summed E-state index contributed by atoms with van der Waals surface area (Å²) >= 11 is 7.47. The molecule has 0 atom stereocenters. The third-order valence-electron chi connectivity index (χ3n) is 5.53. The lowest BCUT2D eigenvalue weighted by Gasteiger charge is -2.30. The first-order valence-corrected chi connectivity index (χ1v) is 11.7. The Hall–Kier alpha value is -2.51. The van der Waals surface area contributed by atoms with E-state index in [1.165, 1.54) is 11.8 Å². The molecule has 1 fully saturated rings. The molecule has 0 spiro atoms. The maximum atomic E-state index is 12.7. The summed E-state index contributed by atoms with van der Waals surface area (Å²) in [6, 6.07) is 15.2. The summed E-state index contributed by atoms with van der Waals surface area (Å²) in [7, 11) is 1.64. The third-order valence-corrected chi connectivity index (χ3v) is 6.69. The van der Waals surface area contributed by atoms with Gasteiger partial charge in [0.25, 0.3) is 0 Å². The van der Waals surface area contributed by atoms with E-state index in [2.05, 4.69) is 17.1 Å². The molecule has 0 aliphatic carbocycles. The van der Waals surface area contributed by atoms with Crippen molar-refractivity contribution in [2.45, 2.75) is 24.9 Å². The summed E-state index contributed by atoms with van der Waals surface area (Å²) in [6.07, 6.45) is 2.14. The van der Waals surface area contributed by atoms with E-state index in [-0.39, 0.29) is 5.91 Å². The van der Waals surface area contributed by atoms with Crippen LogP contribution in [0.5, 0.6) is 5.75 Å². The minimum absolute atomic E-state index is 0.147. The number of benzene rings is 2. The zero-order valence-corrected chi connectivity index (χ0v) is 19.2. The monoisotopic (exact) mass is 456 g/mol. The number of carbonyl (C=O) groups is 1. The molecule has 0 bridgehead atoms. The Bertz CT molecular complexity index is 1030. The number of halogens is 1. The first kappa shape index (κ1) is 21.7. The van der Waals surface area contributed by atoms with Crippen LogP contribution in [0.1, 0.15) is 19.8 Å². The molecule has 2 aromatic carbocycles. The molecule has 0 N–H and O–H groups in total. The van der Waals surface area contributed by atoms with Crippen molar-refractivity contribution < 1.29 is 9.53 Å². The summed E-state index contributed by atoms with van der Waals surface area (Å²) in [5.41, 5.74) is 1.80. The van der Waals surface area contributed by atoms with Crippen LogP contribution in [0.25, 0.3) is 17.1 Å². The van der Waals surface area contributed by atoms with E-state index >= 15 is 0 Å². The second kappa shape index (κ2) is 9.75. The van der Waals surface area contributed by atoms with E-state index < -0.39 is 0 Å². The number of amides is 1. The smallest absolute Gasteiger partial charge is 0.233 e. The molecule has 1 aliphatic heterocycles. The molecular weight excluding hydrogens is 432 g/mol. The standard InChI is InChI=1S/C23H25ClN4O2S/c1-16-11-13-27(14-12-16)21(29)15-31-23-26-25-22(17-3-5-18(24)6-4-17)28(23)19-7-9-20(30-2)10-8-19/h3-10,16H,11-15H2,1-2H3. The maximum Gasteiger partial charge on any atom is 0.233 e. The average Bonchev–Trinajstić information content (AvgIpc) is 3.22. The van der Waals surface area contributed by atoms with Crippen molar-refractivity contribution in [3.05, 3.63) is 53.6 Å². The molecule has 1 saturated heterocycles. The Morgan fingerprint density at radius 3 is 2.42 bits per heavy atom. The molecule has 0 saturated carbocycles. The minimum atomic E-state index is 0.147. The summed E-state index contributed by atoms with van der Waals surface area (Å²) in [5.74, 6) is 2.65. The Morgan fingerprint density at radius 2 is 1.77 bits per heavy atom. The van der Waals surface area contributed by atoms with Gasteiger partial charge >= 0.3 is 0 Å². The zero-order chi connectivity index (χ0) is 21.8. The van der Waals surface area contributed by atoms with Crippen LogP contribution in [-0.4, -0.2) is 51.5 Å². The van der Waals surface area contributed by atoms with Gasteiger partial charge in [0.15, 0.2) is 11.0 Å². The number of hydrogen-bond acceptors (Lipinski definition) is 5. The van der Waals surface area contributed by atoms with Gasteiger partial charge in [-0.25, -0.2) is 0 Å². The molecule has 162 valence electrons. The highest BCUT2D eigenvalue weighted by Crippen LogP contribution is 2.30. The minimum Gasteiger partial charge on any atom is -0.497 e.